The molecule has 166 valence electrons. The summed E-state index contributed by atoms with van der Waals surface area (Å²) < 4.78 is 26.6. The van der Waals surface area contributed by atoms with Gasteiger partial charge in [-0.15, -0.1) is 0 Å². The molecule has 0 bridgehead atoms. The number of nitrogens with zero attached hydrogens (tertiary/aromatic N) is 2. The van der Waals surface area contributed by atoms with Gasteiger partial charge >= 0.3 is 6.03 Å². The highest BCUT2D eigenvalue weighted by Gasteiger charge is 2.28. The molecule has 1 heterocycles. The first kappa shape index (κ1) is 22.0. The summed E-state index contributed by atoms with van der Waals surface area (Å²) in [4.78, 5) is 17.4. The van der Waals surface area contributed by atoms with Crippen molar-refractivity contribution in [3.8, 4) is 0 Å². The van der Waals surface area contributed by atoms with Gasteiger partial charge in [-0.1, -0.05) is 42.5 Å². The van der Waals surface area contributed by atoms with Crippen LogP contribution in [0.5, 0.6) is 0 Å². The Hall–Kier alpha value is -3.25. The second kappa shape index (κ2) is 10.4. The number of rotatable bonds is 6. The first-order valence-electron chi connectivity index (χ1n) is 10.9. The van der Waals surface area contributed by atoms with Gasteiger partial charge in [-0.3, -0.25) is 4.90 Å². The zero-order valence-electron chi connectivity index (χ0n) is 17.9. The molecule has 0 unspecified atom stereocenters. The van der Waals surface area contributed by atoms with Crippen LogP contribution in [-0.4, -0.2) is 35.0 Å². The molecule has 4 rings (SSSR count). The van der Waals surface area contributed by atoms with Crippen molar-refractivity contribution in [2.45, 2.75) is 32.0 Å². The van der Waals surface area contributed by atoms with E-state index in [0.717, 1.165) is 38.0 Å². The SMILES string of the molecule is O=C(Nc1ccc(F)cc1)N(Cc1ccc(F)cc1)C1CCN(Cc2ccccc2)CC1. The van der Waals surface area contributed by atoms with Crippen LogP contribution in [0, 0.1) is 11.6 Å². The number of urea groups is 1. The second-order valence-corrected chi connectivity index (χ2v) is 8.18. The molecule has 1 fully saturated rings. The van der Waals surface area contributed by atoms with Crippen molar-refractivity contribution in [1.29, 1.82) is 0 Å². The zero-order chi connectivity index (χ0) is 22.3. The lowest BCUT2D eigenvalue weighted by Crippen LogP contribution is -2.48. The van der Waals surface area contributed by atoms with E-state index in [0.29, 0.717) is 12.2 Å². The van der Waals surface area contributed by atoms with Crippen molar-refractivity contribution >= 4 is 11.7 Å². The minimum absolute atomic E-state index is 0.0625. The topological polar surface area (TPSA) is 35.6 Å². The molecule has 0 saturated carbocycles. The van der Waals surface area contributed by atoms with Crippen molar-refractivity contribution < 1.29 is 13.6 Å². The molecule has 1 aliphatic rings. The summed E-state index contributed by atoms with van der Waals surface area (Å²) >= 11 is 0. The number of hydrogen-bond acceptors (Lipinski definition) is 2. The van der Waals surface area contributed by atoms with E-state index >= 15 is 0 Å². The van der Waals surface area contributed by atoms with Gasteiger partial charge in [-0.05, 0) is 60.4 Å². The molecule has 3 aromatic carbocycles. The van der Waals surface area contributed by atoms with Crippen molar-refractivity contribution in [2.75, 3.05) is 18.4 Å². The van der Waals surface area contributed by atoms with E-state index in [4.69, 9.17) is 0 Å². The third-order valence-electron chi connectivity index (χ3n) is 5.87. The third-order valence-corrected chi connectivity index (χ3v) is 5.87. The molecule has 0 spiro atoms. The number of amides is 2. The van der Waals surface area contributed by atoms with Crippen molar-refractivity contribution in [2.24, 2.45) is 0 Å². The number of carbonyl (C=O) groups excluding carboxylic acids is 1. The van der Waals surface area contributed by atoms with E-state index < -0.39 is 0 Å². The molecule has 0 radical (unpaired) electrons. The molecule has 6 heteroatoms. The first-order valence-corrected chi connectivity index (χ1v) is 10.9. The smallest absolute Gasteiger partial charge is 0.317 e. The first-order chi connectivity index (χ1) is 15.6. The molecule has 0 aliphatic carbocycles. The summed E-state index contributed by atoms with van der Waals surface area (Å²) in [5.74, 6) is -0.651. The summed E-state index contributed by atoms with van der Waals surface area (Å²) in [6, 6.07) is 22.2. The zero-order valence-corrected chi connectivity index (χ0v) is 17.9. The van der Waals surface area contributed by atoms with Gasteiger partial charge in [0.15, 0.2) is 0 Å². The number of hydrogen-bond donors (Lipinski definition) is 1. The van der Waals surface area contributed by atoms with E-state index in [1.54, 1.807) is 24.3 Å². The molecule has 32 heavy (non-hydrogen) atoms. The number of halogens is 2. The van der Waals surface area contributed by atoms with Gasteiger partial charge in [-0.2, -0.15) is 0 Å². The Morgan fingerprint density at radius 2 is 1.44 bits per heavy atom. The van der Waals surface area contributed by atoms with Crippen LogP contribution in [0.2, 0.25) is 0 Å². The number of benzene rings is 3. The minimum atomic E-state index is -0.350. The molecule has 2 amide bonds. The Morgan fingerprint density at radius 3 is 2.06 bits per heavy atom. The van der Waals surface area contributed by atoms with Crippen LogP contribution in [0.1, 0.15) is 24.0 Å². The minimum Gasteiger partial charge on any atom is -0.317 e. The van der Waals surface area contributed by atoms with Crippen molar-refractivity contribution in [3.63, 3.8) is 0 Å². The fourth-order valence-electron chi connectivity index (χ4n) is 4.11. The van der Waals surface area contributed by atoms with Gasteiger partial charge in [0, 0.05) is 37.9 Å². The molecule has 1 N–H and O–H groups in total. The van der Waals surface area contributed by atoms with Crippen LogP contribution in [0.3, 0.4) is 0 Å². The summed E-state index contributed by atoms with van der Waals surface area (Å²) in [5, 5.41) is 2.88. The highest BCUT2D eigenvalue weighted by atomic mass is 19.1. The fraction of sp³-hybridized carbons (Fsp3) is 0.269. The Morgan fingerprint density at radius 1 is 0.844 bits per heavy atom. The van der Waals surface area contributed by atoms with Gasteiger partial charge in [0.1, 0.15) is 11.6 Å². The van der Waals surface area contributed by atoms with E-state index in [2.05, 4.69) is 22.3 Å². The molecule has 0 atom stereocenters. The average molecular weight is 436 g/mol. The summed E-state index contributed by atoms with van der Waals surface area (Å²) in [6.45, 7) is 3.07. The van der Waals surface area contributed by atoms with Gasteiger partial charge in [0.05, 0.1) is 0 Å². The molecule has 0 aromatic heterocycles. The summed E-state index contributed by atoms with van der Waals surface area (Å²) in [7, 11) is 0. The van der Waals surface area contributed by atoms with E-state index in [9.17, 15) is 13.6 Å². The van der Waals surface area contributed by atoms with Gasteiger partial charge in [-0.25, -0.2) is 13.6 Å². The van der Waals surface area contributed by atoms with Crippen LogP contribution in [0.4, 0.5) is 19.3 Å². The Balaban J connectivity index is 1.44. The van der Waals surface area contributed by atoms with Gasteiger partial charge in [0.25, 0.3) is 0 Å². The number of carbonyl (C=O) groups is 1. The highest BCUT2D eigenvalue weighted by molar-refractivity contribution is 5.89. The number of nitrogens with one attached hydrogen (secondary N) is 1. The van der Waals surface area contributed by atoms with Crippen LogP contribution in [0.15, 0.2) is 78.9 Å². The summed E-state index contributed by atoms with van der Waals surface area (Å²) in [5.41, 5.74) is 2.69. The molecule has 1 aliphatic heterocycles. The van der Waals surface area contributed by atoms with Gasteiger partial charge in [0.2, 0.25) is 0 Å². The highest BCUT2D eigenvalue weighted by Crippen LogP contribution is 2.22. The second-order valence-electron chi connectivity index (χ2n) is 8.18. The van der Waals surface area contributed by atoms with Crippen LogP contribution >= 0.6 is 0 Å². The van der Waals surface area contributed by atoms with Crippen LogP contribution in [-0.2, 0) is 13.1 Å². The van der Waals surface area contributed by atoms with Crippen molar-refractivity contribution in [3.05, 3.63) is 102 Å². The molecule has 4 nitrogen and oxygen atoms in total. The van der Waals surface area contributed by atoms with Crippen LogP contribution < -0.4 is 5.32 Å². The Labute approximate surface area is 187 Å². The summed E-state index contributed by atoms with van der Waals surface area (Å²) in [6.07, 6.45) is 1.70. The van der Waals surface area contributed by atoms with E-state index in [1.165, 1.54) is 29.8 Å². The largest absolute Gasteiger partial charge is 0.322 e. The molecule has 3 aromatic rings. The number of piperidine rings is 1. The number of anilines is 1. The predicted octanol–water partition coefficient (Wildman–Crippen LogP) is 5.66. The third kappa shape index (κ3) is 5.92. The molecular weight excluding hydrogens is 408 g/mol. The van der Waals surface area contributed by atoms with Gasteiger partial charge < -0.3 is 10.2 Å². The molecule has 1 saturated heterocycles. The van der Waals surface area contributed by atoms with E-state index in [-0.39, 0.29) is 23.7 Å². The normalized spacial score (nSPS) is 14.8. The van der Waals surface area contributed by atoms with Crippen molar-refractivity contribution in [1.82, 2.24) is 9.80 Å². The lowest BCUT2D eigenvalue weighted by Gasteiger charge is -2.38. The maximum atomic E-state index is 13.4. The lowest BCUT2D eigenvalue weighted by molar-refractivity contribution is 0.120. The predicted molar refractivity (Wildman–Crippen MR) is 122 cm³/mol. The monoisotopic (exact) mass is 435 g/mol. The standard InChI is InChI=1S/C26H27F2N3O/c27-22-8-6-21(7-9-22)19-31(26(32)29-24-12-10-23(28)11-13-24)25-14-16-30(17-15-25)18-20-4-2-1-3-5-20/h1-13,25H,14-19H2,(H,29,32). The van der Waals surface area contributed by atoms with Crippen LogP contribution in [0.25, 0.3) is 0 Å². The quantitative estimate of drug-likeness (QED) is 0.542. The Bertz CT molecular complexity index is 1000. The maximum absolute atomic E-state index is 13.4. The lowest BCUT2D eigenvalue weighted by atomic mass is 10.0. The van der Waals surface area contributed by atoms with E-state index in [1.807, 2.05) is 23.1 Å². The Kier molecular flexibility index (Phi) is 7.12. The average Bonchev–Trinajstić information content (AvgIpc) is 2.81. The molecular formula is C26H27F2N3O. The fourth-order valence-corrected chi connectivity index (χ4v) is 4.11. The maximum Gasteiger partial charge on any atom is 0.322 e. The number of likely N-dealkylation sites (tertiary alicyclic amines) is 1.